The van der Waals surface area contributed by atoms with E-state index in [-0.39, 0.29) is 19.2 Å². The number of carbonyl (C=O) groups excluding carboxylic acids is 1. The molecule has 0 saturated carbocycles. The molecule has 7 heteroatoms. The third-order valence-electron chi connectivity index (χ3n) is 3.04. The molecule has 2 aromatic rings. The van der Waals surface area contributed by atoms with E-state index in [1.807, 2.05) is 6.92 Å². The van der Waals surface area contributed by atoms with E-state index in [9.17, 15) is 9.90 Å². The summed E-state index contributed by atoms with van der Waals surface area (Å²) in [5.74, 6) is -0.375. The summed E-state index contributed by atoms with van der Waals surface area (Å²) in [6.45, 7) is 2.35. The maximum atomic E-state index is 11.9. The molecule has 7 nitrogen and oxygen atoms in total. The van der Waals surface area contributed by atoms with Gasteiger partial charge in [0.1, 0.15) is 5.69 Å². The second-order valence-electron chi connectivity index (χ2n) is 4.67. The molecule has 0 spiro atoms. The molecule has 0 aliphatic heterocycles. The van der Waals surface area contributed by atoms with Crippen LogP contribution in [0.2, 0.25) is 0 Å². The van der Waals surface area contributed by atoms with E-state index in [1.54, 1.807) is 36.1 Å². The molecule has 1 aromatic carbocycles. The predicted molar refractivity (Wildman–Crippen MR) is 78.6 cm³/mol. The molecule has 0 bridgehead atoms. The molecule has 0 amide bonds. The molecule has 2 rings (SSSR count). The fourth-order valence-corrected chi connectivity index (χ4v) is 1.99. The number of hydrogen-bond acceptors (Lipinski definition) is 6. The molecule has 0 aliphatic rings. The van der Waals surface area contributed by atoms with E-state index < -0.39 is 0 Å². The summed E-state index contributed by atoms with van der Waals surface area (Å²) < 4.78 is 11.8. The number of carbonyl (C=O) groups is 1. The lowest BCUT2D eigenvalue weighted by Crippen LogP contribution is -2.09. The SMILES string of the molecule is CCCOC(=O)c1cccc(-n2nnc(CO)c2COC)c1. The first-order valence-corrected chi connectivity index (χ1v) is 7.02. The lowest BCUT2D eigenvalue weighted by molar-refractivity contribution is 0.0505. The van der Waals surface area contributed by atoms with Gasteiger partial charge in [0.15, 0.2) is 0 Å². The van der Waals surface area contributed by atoms with Crippen molar-refractivity contribution in [3.8, 4) is 5.69 Å². The Kier molecular flexibility index (Phi) is 5.62. The van der Waals surface area contributed by atoms with Gasteiger partial charge in [0.2, 0.25) is 0 Å². The van der Waals surface area contributed by atoms with Crippen LogP contribution in [0.15, 0.2) is 24.3 Å². The van der Waals surface area contributed by atoms with Gasteiger partial charge < -0.3 is 14.6 Å². The van der Waals surface area contributed by atoms with Crippen LogP contribution in [-0.4, -0.2) is 39.8 Å². The molecule has 0 aliphatic carbocycles. The zero-order valence-electron chi connectivity index (χ0n) is 12.7. The van der Waals surface area contributed by atoms with Crippen LogP contribution < -0.4 is 0 Å². The van der Waals surface area contributed by atoms with Crippen molar-refractivity contribution in [2.24, 2.45) is 0 Å². The van der Waals surface area contributed by atoms with Crippen molar-refractivity contribution in [1.82, 2.24) is 15.0 Å². The van der Waals surface area contributed by atoms with E-state index in [4.69, 9.17) is 9.47 Å². The highest BCUT2D eigenvalue weighted by atomic mass is 16.5. The minimum absolute atomic E-state index is 0.225. The maximum Gasteiger partial charge on any atom is 0.338 e. The molecule has 0 fully saturated rings. The number of ether oxygens (including phenoxy) is 2. The van der Waals surface area contributed by atoms with Gasteiger partial charge in [-0.25, -0.2) is 9.48 Å². The van der Waals surface area contributed by atoms with E-state index in [0.29, 0.717) is 29.2 Å². The number of benzene rings is 1. The van der Waals surface area contributed by atoms with Crippen molar-refractivity contribution in [1.29, 1.82) is 0 Å². The number of nitrogens with zero attached hydrogens (tertiary/aromatic N) is 3. The third kappa shape index (κ3) is 3.49. The highest BCUT2D eigenvalue weighted by molar-refractivity contribution is 5.90. The normalized spacial score (nSPS) is 10.7. The molecular formula is C15H19N3O4. The Morgan fingerprint density at radius 3 is 2.91 bits per heavy atom. The second kappa shape index (κ2) is 7.67. The summed E-state index contributed by atoms with van der Waals surface area (Å²) >= 11 is 0. The minimum Gasteiger partial charge on any atom is -0.462 e. The van der Waals surface area contributed by atoms with Gasteiger partial charge in [0.05, 0.1) is 36.8 Å². The van der Waals surface area contributed by atoms with Crippen LogP contribution in [0.5, 0.6) is 0 Å². The predicted octanol–water partition coefficient (Wildman–Crippen LogP) is 1.47. The number of aliphatic hydroxyl groups excluding tert-OH is 1. The van der Waals surface area contributed by atoms with E-state index in [2.05, 4.69) is 10.3 Å². The molecule has 22 heavy (non-hydrogen) atoms. The average Bonchev–Trinajstić information content (AvgIpc) is 2.96. The van der Waals surface area contributed by atoms with E-state index in [1.165, 1.54) is 0 Å². The van der Waals surface area contributed by atoms with Crippen LogP contribution >= 0.6 is 0 Å². The topological polar surface area (TPSA) is 86.5 Å². The summed E-state index contributed by atoms with van der Waals surface area (Å²) in [6, 6.07) is 6.90. The average molecular weight is 305 g/mol. The highest BCUT2D eigenvalue weighted by Crippen LogP contribution is 2.16. The van der Waals surface area contributed by atoms with Crippen LogP contribution in [-0.2, 0) is 22.7 Å². The number of methoxy groups -OCH3 is 1. The summed E-state index contributed by atoms with van der Waals surface area (Å²) in [5, 5.41) is 17.2. The Balaban J connectivity index is 2.33. The molecule has 0 radical (unpaired) electrons. The molecule has 0 atom stereocenters. The van der Waals surface area contributed by atoms with Crippen molar-refractivity contribution >= 4 is 5.97 Å². The van der Waals surface area contributed by atoms with Crippen molar-refractivity contribution in [2.45, 2.75) is 26.6 Å². The van der Waals surface area contributed by atoms with E-state index in [0.717, 1.165) is 6.42 Å². The largest absolute Gasteiger partial charge is 0.462 e. The van der Waals surface area contributed by atoms with Gasteiger partial charge in [-0.05, 0) is 24.6 Å². The maximum absolute atomic E-state index is 11.9. The van der Waals surface area contributed by atoms with Gasteiger partial charge in [-0.3, -0.25) is 0 Å². The summed E-state index contributed by atoms with van der Waals surface area (Å²) in [7, 11) is 1.55. The minimum atomic E-state index is -0.375. The summed E-state index contributed by atoms with van der Waals surface area (Å²) in [4.78, 5) is 11.9. The van der Waals surface area contributed by atoms with Crippen molar-refractivity contribution < 1.29 is 19.4 Å². The summed E-state index contributed by atoms with van der Waals surface area (Å²) in [5.41, 5.74) is 2.19. The van der Waals surface area contributed by atoms with Gasteiger partial charge in [-0.2, -0.15) is 0 Å². The van der Waals surface area contributed by atoms with Crippen LogP contribution in [0.3, 0.4) is 0 Å². The van der Waals surface area contributed by atoms with Crippen LogP contribution in [0.4, 0.5) is 0 Å². The fourth-order valence-electron chi connectivity index (χ4n) is 1.99. The molecule has 0 saturated heterocycles. The molecule has 1 N–H and O–H groups in total. The van der Waals surface area contributed by atoms with Gasteiger partial charge in [-0.15, -0.1) is 5.10 Å². The molecule has 1 aromatic heterocycles. The van der Waals surface area contributed by atoms with Crippen LogP contribution in [0.1, 0.15) is 35.1 Å². The van der Waals surface area contributed by atoms with E-state index >= 15 is 0 Å². The smallest absolute Gasteiger partial charge is 0.338 e. The standard InChI is InChI=1S/C15H19N3O4/c1-3-7-22-15(20)11-5-4-6-12(8-11)18-14(10-21-2)13(9-19)16-17-18/h4-6,8,19H,3,7,9-10H2,1-2H3. The van der Waals surface area contributed by atoms with Gasteiger partial charge >= 0.3 is 5.97 Å². The number of hydrogen-bond donors (Lipinski definition) is 1. The van der Waals surface area contributed by atoms with Crippen LogP contribution in [0.25, 0.3) is 5.69 Å². The Hall–Kier alpha value is -2.25. The Labute approximate surface area is 128 Å². The molecule has 118 valence electrons. The zero-order chi connectivity index (χ0) is 15.9. The van der Waals surface area contributed by atoms with Crippen molar-refractivity contribution in [3.63, 3.8) is 0 Å². The number of aromatic nitrogens is 3. The second-order valence-corrected chi connectivity index (χ2v) is 4.67. The highest BCUT2D eigenvalue weighted by Gasteiger charge is 2.15. The number of aliphatic hydroxyl groups is 1. The molecule has 0 unspecified atom stereocenters. The van der Waals surface area contributed by atoms with Crippen LogP contribution in [0, 0.1) is 0 Å². The number of esters is 1. The van der Waals surface area contributed by atoms with Gasteiger partial charge in [0, 0.05) is 7.11 Å². The first kappa shape index (κ1) is 16.1. The van der Waals surface area contributed by atoms with Gasteiger partial charge in [-0.1, -0.05) is 18.2 Å². The zero-order valence-corrected chi connectivity index (χ0v) is 12.7. The van der Waals surface area contributed by atoms with Crippen molar-refractivity contribution in [2.75, 3.05) is 13.7 Å². The molecule has 1 heterocycles. The Bertz CT molecular complexity index is 639. The van der Waals surface area contributed by atoms with Gasteiger partial charge in [0.25, 0.3) is 0 Å². The van der Waals surface area contributed by atoms with Crippen molar-refractivity contribution in [3.05, 3.63) is 41.2 Å². The quantitative estimate of drug-likeness (QED) is 0.780. The Morgan fingerprint density at radius 1 is 1.41 bits per heavy atom. The lowest BCUT2D eigenvalue weighted by atomic mass is 10.2. The third-order valence-corrected chi connectivity index (χ3v) is 3.04. The Morgan fingerprint density at radius 2 is 2.23 bits per heavy atom. The lowest BCUT2D eigenvalue weighted by Gasteiger charge is -2.08. The first-order valence-electron chi connectivity index (χ1n) is 7.02. The fraction of sp³-hybridized carbons (Fsp3) is 0.400. The molecular weight excluding hydrogens is 286 g/mol. The monoisotopic (exact) mass is 305 g/mol. The number of rotatable bonds is 7. The first-order chi connectivity index (χ1) is 10.7. The summed E-state index contributed by atoms with van der Waals surface area (Å²) in [6.07, 6.45) is 0.770.